The highest BCUT2D eigenvalue weighted by molar-refractivity contribution is 5.74. The van der Waals surface area contributed by atoms with E-state index in [0.717, 1.165) is 154 Å². The molecule has 1 aliphatic rings. The van der Waals surface area contributed by atoms with Crippen molar-refractivity contribution in [1.29, 1.82) is 0 Å². The molecule has 12 nitrogen and oxygen atoms in total. The SMILES string of the molecule is CC/C=C\C/C=C\C/C=C\C/C=C\CCCCCCCCC(=O)OC1C(OCC(COC(=O)CCCCCCC/C=C\C/C=C\C/C=C\CC)OC(=O)CCCCCCC/C=C\CCCC)OC(C(=O)O)C(O)C1O. The summed E-state index contributed by atoms with van der Waals surface area (Å²) in [6.45, 7) is 5.69. The first-order chi connectivity index (χ1) is 36.6. The standard InChI is InChI=1S/C63H102O12/c1-4-7-10-13-16-19-22-24-26-27-28-29-31-33-36-39-42-45-48-51-57(66)74-61-59(68)58(67)60(62(69)70)75-63(61)72-53-54(73-56(65)50-47-44-41-38-34-21-18-15-12-9-6-3)52-71-55(64)49-46-43-40-37-35-32-30-25-23-20-17-14-11-8-5-2/h7-8,10-11,15-20,24-26,28-30,54,58-61,63,67-68H,4-6,9,12-14,21-23,27,31-53H2,1-3H3,(H,69,70)/b10-7-,11-8-,18-15-,19-16-,20-17-,26-24-,29-28-,30-25-. The van der Waals surface area contributed by atoms with Gasteiger partial charge in [0.25, 0.3) is 0 Å². The van der Waals surface area contributed by atoms with Crippen LogP contribution in [0.15, 0.2) is 97.2 Å². The van der Waals surface area contributed by atoms with E-state index in [0.29, 0.717) is 19.3 Å². The van der Waals surface area contributed by atoms with Gasteiger partial charge >= 0.3 is 23.9 Å². The van der Waals surface area contributed by atoms with E-state index in [2.05, 4.69) is 118 Å². The third-order valence-electron chi connectivity index (χ3n) is 12.6. The van der Waals surface area contributed by atoms with E-state index in [4.69, 9.17) is 23.7 Å². The van der Waals surface area contributed by atoms with Crippen molar-refractivity contribution in [2.75, 3.05) is 13.2 Å². The molecule has 426 valence electrons. The first-order valence-corrected chi connectivity index (χ1v) is 29.2. The number of rotatable bonds is 48. The first kappa shape index (κ1) is 68.7. The van der Waals surface area contributed by atoms with Crippen LogP contribution in [0.1, 0.15) is 226 Å². The predicted octanol–water partition coefficient (Wildman–Crippen LogP) is 14.9. The smallest absolute Gasteiger partial charge is 0.335 e. The number of unbranched alkanes of at least 4 members (excludes halogenated alkanes) is 18. The molecule has 0 saturated carbocycles. The summed E-state index contributed by atoms with van der Waals surface area (Å²) in [4.78, 5) is 51.1. The Morgan fingerprint density at radius 3 is 1.29 bits per heavy atom. The van der Waals surface area contributed by atoms with Crippen LogP contribution in [0, 0.1) is 0 Å². The van der Waals surface area contributed by atoms with Crippen LogP contribution in [-0.4, -0.2) is 89.2 Å². The quantitative estimate of drug-likeness (QED) is 0.0228. The summed E-state index contributed by atoms with van der Waals surface area (Å²) in [6.07, 6.45) is 53.8. The maximum Gasteiger partial charge on any atom is 0.335 e. The molecule has 1 aliphatic heterocycles. The molecule has 0 radical (unpaired) electrons. The molecule has 6 unspecified atom stereocenters. The van der Waals surface area contributed by atoms with Gasteiger partial charge in [-0.3, -0.25) is 14.4 Å². The molecule has 0 amide bonds. The molecule has 6 atom stereocenters. The molecular formula is C63H102O12. The van der Waals surface area contributed by atoms with Crippen molar-refractivity contribution in [1.82, 2.24) is 0 Å². The normalized spacial score (nSPS) is 18.9. The number of ether oxygens (including phenoxy) is 5. The van der Waals surface area contributed by atoms with E-state index < -0.39 is 67.3 Å². The number of carbonyl (C=O) groups excluding carboxylic acids is 3. The van der Waals surface area contributed by atoms with E-state index in [1.165, 1.54) is 12.8 Å². The monoisotopic (exact) mass is 1050 g/mol. The number of allylic oxidation sites excluding steroid dienone is 16. The molecule has 3 N–H and O–H groups in total. The fourth-order valence-electron chi connectivity index (χ4n) is 8.18. The number of esters is 3. The third-order valence-corrected chi connectivity index (χ3v) is 12.6. The van der Waals surface area contributed by atoms with Crippen molar-refractivity contribution in [3.05, 3.63) is 97.2 Å². The fourth-order valence-corrected chi connectivity index (χ4v) is 8.18. The number of carbonyl (C=O) groups is 4. The van der Waals surface area contributed by atoms with Crippen LogP contribution in [0.2, 0.25) is 0 Å². The summed E-state index contributed by atoms with van der Waals surface area (Å²) >= 11 is 0. The van der Waals surface area contributed by atoms with E-state index >= 15 is 0 Å². The zero-order valence-corrected chi connectivity index (χ0v) is 46.8. The fraction of sp³-hybridized carbons (Fsp3) is 0.683. The van der Waals surface area contributed by atoms with Crippen molar-refractivity contribution in [3.8, 4) is 0 Å². The van der Waals surface area contributed by atoms with Crippen molar-refractivity contribution < 1.29 is 58.2 Å². The van der Waals surface area contributed by atoms with Crippen LogP contribution in [0.3, 0.4) is 0 Å². The van der Waals surface area contributed by atoms with Crippen LogP contribution in [0.25, 0.3) is 0 Å². The maximum absolute atomic E-state index is 13.1. The second-order valence-electron chi connectivity index (χ2n) is 19.5. The van der Waals surface area contributed by atoms with Gasteiger partial charge in [-0.25, -0.2) is 4.79 Å². The maximum atomic E-state index is 13.1. The Balaban J connectivity index is 2.69. The molecule has 12 heteroatoms. The molecule has 1 heterocycles. The number of aliphatic hydroxyl groups is 2. The molecule has 1 rings (SSSR count). The molecule has 0 aromatic carbocycles. The summed E-state index contributed by atoms with van der Waals surface area (Å²) in [7, 11) is 0. The van der Waals surface area contributed by atoms with Crippen molar-refractivity contribution >= 4 is 23.9 Å². The Bertz CT molecular complexity index is 1670. The first-order valence-electron chi connectivity index (χ1n) is 29.2. The number of carboxylic acid groups (broad SMARTS) is 1. The van der Waals surface area contributed by atoms with Gasteiger partial charge in [0, 0.05) is 19.3 Å². The lowest BCUT2D eigenvalue weighted by molar-refractivity contribution is -0.301. The Hall–Kier alpha value is -4.36. The Morgan fingerprint density at radius 1 is 0.453 bits per heavy atom. The van der Waals surface area contributed by atoms with Gasteiger partial charge in [-0.15, -0.1) is 0 Å². The molecule has 1 saturated heterocycles. The summed E-state index contributed by atoms with van der Waals surface area (Å²) in [6, 6.07) is 0. The van der Waals surface area contributed by atoms with E-state index in [1.54, 1.807) is 0 Å². The van der Waals surface area contributed by atoms with Crippen LogP contribution >= 0.6 is 0 Å². The number of hydrogen-bond donors (Lipinski definition) is 3. The zero-order valence-electron chi connectivity index (χ0n) is 46.8. The van der Waals surface area contributed by atoms with Gasteiger partial charge in [-0.1, -0.05) is 195 Å². The summed E-state index contributed by atoms with van der Waals surface area (Å²) in [5, 5.41) is 31.5. The second-order valence-corrected chi connectivity index (χ2v) is 19.5. The van der Waals surface area contributed by atoms with Crippen LogP contribution in [0.4, 0.5) is 0 Å². The molecule has 0 aromatic heterocycles. The highest BCUT2D eigenvalue weighted by atomic mass is 16.7. The van der Waals surface area contributed by atoms with Gasteiger partial charge < -0.3 is 39.0 Å². The Kier molecular flexibility index (Phi) is 46.2. The Morgan fingerprint density at radius 2 is 0.840 bits per heavy atom. The molecule has 0 bridgehead atoms. The number of carboxylic acids is 1. The largest absolute Gasteiger partial charge is 0.479 e. The van der Waals surface area contributed by atoms with Gasteiger partial charge in [0.1, 0.15) is 18.8 Å². The minimum atomic E-state index is -1.92. The average molecular weight is 1050 g/mol. The summed E-state index contributed by atoms with van der Waals surface area (Å²) in [5.74, 6) is -3.18. The second kappa shape index (κ2) is 50.5. The van der Waals surface area contributed by atoms with E-state index in [1.807, 2.05) is 0 Å². The number of hydrogen-bond acceptors (Lipinski definition) is 11. The van der Waals surface area contributed by atoms with E-state index in [9.17, 15) is 34.5 Å². The number of aliphatic hydroxyl groups excluding tert-OH is 2. The Labute approximate surface area is 453 Å². The van der Waals surface area contributed by atoms with Crippen LogP contribution in [0.5, 0.6) is 0 Å². The molecule has 0 aromatic rings. The van der Waals surface area contributed by atoms with Crippen LogP contribution < -0.4 is 0 Å². The number of aliphatic carboxylic acids is 1. The molecule has 1 fully saturated rings. The lowest BCUT2D eigenvalue weighted by atomic mass is 9.98. The van der Waals surface area contributed by atoms with Crippen LogP contribution in [-0.2, 0) is 42.9 Å². The predicted molar refractivity (Wildman–Crippen MR) is 303 cm³/mol. The van der Waals surface area contributed by atoms with Gasteiger partial charge in [0.05, 0.1) is 6.61 Å². The van der Waals surface area contributed by atoms with Crippen molar-refractivity contribution in [2.45, 2.75) is 263 Å². The lowest BCUT2D eigenvalue weighted by Gasteiger charge is -2.40. The summed E-state index contributed by atoms with van der Waals surface area (Å²) in [5.41, 5.74) is 0. The molecule has 0 aliphatic carbocycles. The third kappa shape index (κ3) is 40.6. The minimum Gasteiger partial charge on any atom is -0.479 e. The highest BCUT2D eigenvalue weighted by Crippen LogP contribution is 2.26. The lowest BCUT2D eigenvalue weighted by Crippen LogP contribution is -2.61. The van der Waals surface area contributed by atoms with Gasteiger partial charge in [0.2, 0.25) is 0 Å². The molecule has 75 heavy (non-hydrogen) atoms. The molecule has 0 spiro atoms. The van der Waals surface area contributed by atoms with Crippen molar-refractivity contribution in [3.63, 3.8) is 0 Å². The van der Waals surface area contributed by atoms with Gasteiger partial charge in [-0.05, 0) is 109 Å². The van der Waals surface area contributed by atoms with Gasteiger partial charge in [0.15, 0.2) is 24.6 Å². The van der Waals surface area contributed by atoms with Crippen molar-refractivity contribution in [2.24, 2.45) is 0 Å². The van der Waals surface area contributed by atoms with Gasteiger partial charge in [-0.2, -0.15) is 0 Å². The average Bonchev–Trinajstić information content (AvgIpc) is 3.39. The minimum absolute atomic E-state index is 0.0375. The topological polar surface area (TPSA) is 175 Å². The van der Waals surface area contributed by atoms with E-state index in [-0.39, 0.29) is 25.9 Å². The molecular weight excluding hydrogens is 949 g/mol. The summed E-state index contributed by atoms with van der Waals surface area (Å²) < 4.78 is 28.4. The highest BCUT2D eigenvalue weighted by Gasteiger charge is 2.50. The zero-order chi connectivity index (χ0) is 54.7.